The second-order valence-electron chi connectivity index (χ2n) is 20.9. The summed E-state index contributed by atoms with van der Waals surface area (Å²) in [5.74, 6) is 8.53. The van der Waals surface area contributed by atoms with Gasteiger partial charge in [0.05, 0.1) is 48.7 Å². The number of carbonyl (C=O) groups is 4. The Hall–Kier alpha value is -5.00. The molecule has 0 heterocycles. The molecule has 17 heteroatoms. The van der Waals surface area contributed by atoms with E-state index in [4.69, 9.17) is 52.4 Å². The number of aliphatic hydroxyl groups excluding tert-OH is 1. The molecule has 5 N–H and O–H groups in total. The van der Waals surface area contributed by atoms with Crippen LogP contribution in [0.2, 0.25) is 28.2 Å². The molecule has 2 amide bonds. The van der Waals surface area contributed by atoms with Crippen LogP contribution in [0, 0.1) is 11.8 Å². The van der Waals surface area contributed by atoms with Crippen molar-refractivity contribution in [2.45, 2.75) is 150 Å². The SMILES string of the molecule is CC(C)(C)[Si](C)(C)OCC=O.CC(C)Oc1ccc(C(=O)NN(CCO)Cc2ccc(OCC3CCCCC3)cc2)cc1Cl.CC(C)Oc1ccc(C(=O)NN)cc1Cl.O=Cc1ccc(OCC2CCCCC2)cc1. The van der Waals surface area contributed by atoms with Gasteiger partial charge in [-0.3, -0.25) is 25.2 Å². The second kappa shape index (κ2) is 33.9. The van der Waals surface area contributed by atoms with Gasteiger partial charge in [0.25, 0.3) is 11.8 Å². The van der Waals surface area contributed by atoms with E-state index < -0.39 is 8.32 Å². The molecule has 2 aliphatic rings. The molecule has 4 aromatic carbocycles. The molecule has 75 heavy (non-hydrogen) atoms. The van der Waals surface area contributed by atoms with Crippen molar-refractivity contribution in [2.24, 2.45) is 17.7 Å². The first kappa shape index (κ1) is 64.3. The van der Waals surface area contributed by atoms with Crippen LogP contribution in [-0.2, 0) is 15.8 Å². The molecule has 0 saturated heterocycles. The van der Waals surface area contributed by atoms with E-state index in [1.165, 1.54) is 70.3 Å². The molecule has 0 aliphatic heterocycles. The molecule has 0 spiro atoms. The molecular weight excluding hydrogens is 1010 g/mol. The van der Waals surface area contributed by atoms with Gasteiger partial charge in [-0.25, -0.2) is 10.9 Å². The van der Waals surface area contributed by atoms with Crippen LogP contribution in [0.1, 0.15) is 149 Å². The number of hydrogen-bond acceptors (Lipinski definition) is 12. The summed E-state index contributed by atoms with van der Waals surface area (Å²) in [6.07, 6.45) is 14.8. The first-order valence-electron chi connectivity index (χ1n) is 26.3. The van der Waals surface area contributed by atoms with Crippen molar-refractivity contribution in [3.63, 3.8) is 0 Å². The van der Waals surface area contributed by atoms with E-state index in [1.54, 1.807) is 47.5 Å². The number of rotatable bonds is 21. The fourth-order valence-electron chi connectivity index (χ4n) is 7.72. The number of hydrogen-bond donors (Lipinski definition) is 4. The highest BCUT2D eigenvalue weighted by Crippen LogP contribution is 2.36. The van der Waals surface area contributed by atoms with Gasteiger partial charge in [-0.1, -0.05) is 94.6 Å². The Balaban J connectivity index is 0.000000294. The highest BCUT2D eigenvalue weighted by molar-refractivity contribution is 6.74. The Bertz CT molecular complexity index is 2300. The lowest BCUT2D eigenvalue weighted by atomic mass is 9.90. The lowest BCUT2D eigenvalue weighted by molar-refractivity contribution is -0.109. The topological polar surface area (TPSA) is 188 Å². The number of nitrogens with one attached hydrogen (secondary N) is 2. The third-order valence-corrected chi connectivity index (χ3v) is 18.0. The van der Waals surface area contributed by atoms with Gasteiger partial charge in [0.15, 0.2) is 8.32 Å². The minimum atomic E-state index is -1.66. The van der Waals surface area contributed by atoms with Crippen LogP contribution in [0.4, 0.5) is 0 Å². The number of carbonyl (C=O) groups excluding carboxylic acids is 4. The van der Waals surface area contributed by atoms with Gasteiger partial charge in [0, 0.05) is 29.8 Å². The molecule has 0 radical (unpaired) electrons. The number of aldehydes is 2. The number of halogens is 2. The van der Waals surface area contributed by atoms with Crippen molar-refractivity contribution in [1.29, 1.82) is 0 Å². The number of nitrogens with two attached hydrogens (primary N) is 1. The summed E-state index contributed by atoms with van der Waals surface area (Å²) >= 11 is 12.2. The summed E-state index contributed by atoms with van der Waals surface area (Å²) in [6.45, 7) is 20.9. The van der Waals surface area contributed by atoms with E-state index in [-0.39, 0.29) is 42.3 Å². The molecule has 414 valence electrons. The number of amides is 2. The molecule has 0 aromatic heterocycles. The molecule has 2 aliphatic carbocycles. The van der Waals surface area contributed by atoms with Crippen LogP contribution in [0.15, 0.2) is 84.9 Å². The summed E-state index contributed by atoms with van der Waals surface area (Å²) in [5, 5.41) is 12.1. The maximum Gasteiger partial charge on any atom is 0.265 e. The Kier molecular flexibility index (Phi) is 29.1. The maximum atomic E-state index is 12.7. The molecule has 14 nitrogen and oxygen atoms in total. The van der Waals surface area contributed by atoms with Gasteiger partial charge in [0.1, 0.15) is 35.6 Å². The molecule has 0 atom stereocenters. The number of aliphatic hydroxyl groups is 1. The van der Waals surface area contributed by atoms with Crippen molar-refractivity contribution in [1.82, 2.24) is 15.9 Å². The largest absolute Gasteiger partial charge is 0.493 e. The Morgan fingerprint density at radius 3 is 1.56 bits per heavy atom. The van der Waals surface area contributed by atoms with E-state index in [2.05, 4.69) is 39.3 Å². The number of nitrogens with zero attached hydrogens (tertiary/aromatic N) is 1. The van der Waals surface area contributed by atoms with Crippen molar-refractivity contribution in [3.05, 3.63) is 117 Å². The summed E-state index contributed by atoms with van der Waals surface area (Å²) < 4.78 is 28.3. The minimum Gasteiger partial charge on any atom is -0.493 e. The van der Waals surface area contributed by atoms with Crippen molar-refractivity contribution in [3.8, 4) is 23.0 Å². The summed E-state index contributed by atoms with van der Waals surface area (Å²) in [5.41, 5.74) is 7.42. The van der Waals surface area contributed by atoms with Crippen molar-refractivity contribution < 1.29 is 47.7 Å². The quantitative estimate of drug-likeness (QED) is 0.0204. The van der Waals surface area contributed by atoms with Crippen LogP contribution in [0.25, 0.3) is 0 Å². The predicted molar refractivity (Wildman–Crippen MR) is 303 cm³/mol. The van der Waals surface area contributed by atoms with E-state index in [0.29, 0.717) is 57.2 Å². The third-order valence-electron chi connectivity index (χ3n) is 12.9. The maximum absolute atomic E-state index is 12.7. The normalized spacial score (nSPS) is 14.0. The summed E-state index contributed by atoms with van der Waals surface area (Å²) in [6, 6.07) is 24.9. The molecule has 0 unspecified atom stereocenters. The van der Waals surface area contributed by atoms with E-state index in [1.807, 2.05) is 69.5 Å². The minimum absolute atomic E-state index is 0.00808. The first-order chi connectivity index (χ1) is 35.7. The number of benzene rings is 4. The highest BCUT2D eigenvalue weighted by Gasteiger charge is 2.36. The fraction of sp³-hybridized carbons (Fsp3) is 0.517. The standard InChI is InChI=1S/C26H35ClN2O4.C14H18O2.C10H13ClN2O2.C8H18O2Si/c1-19(2)33-25-13-10-22(16-24(25)27)26(31)28-29(14-15-30)17-20-8-11-23(12-9-20)32-18-21-6-4-3-5-7-21;15-10-12-6-8-14(9-7-12)16-11-13-4-2-1-3-5-13;1-6(2)15-9-4-3-7(5-8(9)11)10(14)13-12;1-8(2,3)11(4,5)10-7-6-9/h8-13,16,19,21,30H,3-7,14-15,17-18H2,1-2H3,(H,28,31);6-10,13H,1-5,11H2;3-6H,12H2,1-2H3,(H,13,14);6H,7H2,1-5H3. The van der Waals surface area contributed by atoms with Crippen LogP contribution >= 0.6 is 23.2 Å². The number of hydrazine groups is 2. The van der Waals surface area contributed by atoms with Crippen LogP contribution < -0.4 is 35.6 Å². The van der Waals surface area contributed by atoms with E-state index in [9.17, 15) is 24.3 Å². The lowest BCUT2D eigenvalue weighted by Gasteiger charge is -2.35. The Morgan fingerprint density at radius 1 is 0.720 bits per heavy atom. The zero-order valence-corrected chi connectivity index (χ0v) is 48.3. The van der Waals surface area contributed by atoms with Gasteiger partial charge >= 0.3 is 0 Å². The zero-order valence-electron chi connectivity index (χ0n) is 45.8. The van der Waals surface area contributed by atoms with Gasteiger partial charge in [-0.2, -0.15) is 0 Å². The monoisotopic (exact) mass is 1090 g/mol. The fourth-order valence-corrected chi connectivity index (χ4v) is 9.09. The smallest absolute Gasteiger partial charge is 0.265 e. The van der Waals surface area contributed by atoms with Gasteiger partial charge in [-0.05, 0) is 162 Å². The molecule has 6 rings (SSSR count). The summed E-state index contributed by atoms with van der Waals surface area (Å²) in [4.78, 5) is 44.5. The van der Waals surface area contributed by atoms with Crippen molar-refractivity contribution in [2.75, 3.05) is 33.0 Å². The third kappa shape index (κ3) is 24.7. The lowest BCUT2D eigenvalue weighted by Crippen LogP contribution is -2.43. The first-order valence-corrected chi connectivity index (χ1v) is 29.9. The van der Waals surface area contributed by atoms with Crippen LogP contribution in [-0.4, -0.2) is 88.0 Å². The molecular formula is C58H84Cl2N4O10Si. The molecule has 0 bridgehead atoms. The highest BCUT2D eigenvalue weighted by atomic mass is 35.5. The summed E-state index contributed by atoms with van der Waals surface area (Å²) in [7, 11) is -1.66. The Labute approximate surface area is 457 Å². The van der Waals surface area contributed by atoms with Crippen LogP contribution in [0.5, 0.6) is 23.0 Å². The molecule has 4 aromatic rings. The average molecular weight is 1100 g/mol. The average Bonchev–Trinajstić information content (AvgIpc) is 3.39. The zero-order chi connectivity index (χ0) is 55.4. The van der Waals surface area contributed by atoms with Crippen LogP contribution in [0.3, 0.4) is 0 Å². The molecule has 2 saturated carbocycles. The van der Waals surface area contributed by atoms with Gasteiger partial charge in [0.2, 0.25) is 0 Å². The van der Waals surface area contributed by atoms with Gasteiger partial charge < -0.3 is 33.3 Å². The van der Waals surface area contributed by atoms with Crippen molar-refractivity contribution >= 4 is 55.9 Å². The van der Waals surface area contributed by atoms with Gasteiger partial charge in [-0.15, -0.1) is 0 Å². The predicted octanol–water partition coefficient (Wildman–Crippen LogP) is 12.6. The van der Waals surface area contributed by atoms with E-state index >= 15 is 0 Å². The number of ether oxygens (including phenoxy) is 4. The van der Waals surface area contributed by atoms with E-state index in [0.717, 1.165) is 48.8 Å². The number of nitrogen functional groups attached to an aromatic ring is 1. The molecule has 2 fully saturated rings. The second-order valence-corrected chi connectivity index (χ2v) is 26.5. The Morgan fingerprint density at radius 2 is 1.17 bits per heavy atom.